The highest BCUT2D eigenvalue weighted by molar-refractivity contribution is 7.89. The fourth-order valence-corrected chi connectivity index (χ4v) is 3.41. The lowest BCUT2D eigenvalue weighted by Gasteiger charge is -2.17. The van der Waals surface area contributed by atoms with Gasteiger partial charge in [-0.15, -0.1) is 0 Å². The van der Waals surface area contributed by atoms with Crippen LogP contribution >= 0.6 is 0 Å². The van der Waals surface area contributed by atoms with Crippen LogP contribution in [-0.2, 0) is 16.6 Å². The van der Waals surface area contributed by atoms with E-state index in [0.29, 0.717) is 18.4 Å². The van der Waals surface area contributed by atoms with Gasteiger partial charge in [0.15, 0.2) is 0 Å². The second kappa shape index (κ2) is 5.19. The molecule has 2 N–H and O–H groups in total. The molecular formula is C13H19FN2O2S. The first-order chi connectivity index (χ1) is 8.86. The minimum Gasteiger partial charge on any atom is -0.326 e. The molecule has 0 heterocycles. The van der Waals surface area contributed by atoms with Crippen molar-refractivity contribution in [1.82, 2.24) is 4.31 Å². The van der Waals surface area contributed by atoms with Crippen molar-refractivity contribution in [3.8, 4) is 0 Å². The Morgan fingerprint density at radius 3 is 2.63 bits per heavy atom. The molecule has 19 heavy (non-hydrogen) atoms. The molecule has 1 saturated carbocycles. The largest absolute Gasteiger partial charge is 0.326 e. The van der Waals surface area contributed by atoms with Crippen LogP contribution in [0.1, 0.15) is 18.9 Å². The van der Waals surface area contributed by atoms with Crippen LogP contribution < -0.4 is 5.73 Å². The fraction of sp³-hybridized carbons (Fsp3) is 0.538. The average molecular weight is 286 g/mol. The maximum atomic E-state index is 13.3. The molecule has 0 radical (unpaired) electrons. The van der Waals surface area contributed by atoms with E-state index in [0.717, 1.165) is 12.5 Å². The van der Waals surface area contributed by atoms with E-state index in [9.17, 15) is 12.8 Å². The highest BCUT2D eigenvalue weighted by atomic mass is 32.2. The number of hydrogen-bond donors (Lipinski definition) is 1. The molecule has 1 aliphatic rings. The minimum atomic E-state index is -3.56. The molecule has 1 aromatic carbocycles. The summed E-state index contributed by atoms with van der Waals surface area (Å²) in [4.78, 5) is 0.102. The lowest BCUT2D eigenvalue weighted by atomic mass is 10.2. The first-order valence-corrected chi connectivity index (χ1v) is 7.75. The summed E-state index contributed by atoms with van der Waals surface area (Å²) in [5, 5.41) is 0. The van der Waals surface area contributed by atoms with Crippen molar-refractivity contribution < 1.29 is 12.8 Å². The van der Waals surface area contributed by atoms with Gasteiger partial charge in [-0.3, -0.25) is 0 Å². The van der Waals surface area contributed by atoms with Crippen LogP contribution in [0, 0.1) is 17.7 Å². The van der Waals surface area contributed by atoms with Gasteiger partial charge in [0.05, 0.1) is 4.90 Å². The van der Waals surface area contributed by atoms with E-state index in [2.05, 4.69) is 6.92 Å². The van der Waals surface area contributed by atoms with E-state index >= 15 is 0 Å². The molecule has 0 bridgehead atoms. The quantitative estimate of drug-likeness (QED) is 0.893. The van der Waals surface area contributed by atoms with E-state index < -0.39 is 15.8 Å². The number of hydrogen-bond acceptors (Lipinski definition) is 3. The third kappa shape index (κ3) is 2.96. The minimum absolute atomic E-state index is 0.0153. The SMILES string of the molecule is CC1CC1CN(C)S(=O)(=O)c1ccc(F)c(CN)c1. The van der Waals surface area contributed by atoms with Crippen molar-refractivity contribution in [1.29, 1.82) is 0 Å². The van der Waals surface area contributed by atoms with Gasteiger partial charge in [-0.1, -0.05) is 6.92 Å². The fourth-order valence-electron chi connectivity index (χ4n) is 2.13. The maximum absolute atomic E-state index is 13.3. The Morgan fingerprint density at radius 1 is 1.47 bits per heavy atom. The van der Waals surface area contributed by atoms with Crippen molar-refractivity contribution in [2.75, 3.05) is 13.6 Å². The van der Waals surface area contributed by atoms with Gasteiger partial charge in [0, 0.05) is 25.7 Å². The number of nitrogens with two attached hydrogens (primary N) is 1. The zero-order chi connectivity index (χ0) is 14.2. The van der Waals surface area contributed by atoms with Crippen molar-refractivity contribution >= 4 is 10.0 Å². The Labute approximate surface area is 113 Å². The third-order valence-electron chi connectivity index (χ3n) is 3.71. The van der Waals surface area contributed by atoms with E-state index in [1.165, 1.54) is 16.4 Å². The third-order valence-corrected chi connectivity index (χ3v) is 5.53. The first-order valence-electron chi connectivity index (χ1n) is 6.31. The Kier molecular flexibility index (Phi) is 3.94. The molecule has 1 aromatic rings. The van der Waals surface area contributed by atoms with Crippen LogP contribution in [0.4, 0.5) is 4.39 Å². The number of benzene rings is 1. The summed E-state index contributed by atoms with van der Waals surface area (Å²) in [6, 6.07) is 3.76. The Hall–Kier alpha value is -0.980. The van der Waals surface area contributed by atoms with Gasteiger partial charge in [0.25, 0.3) is 0 Å². The molecule has 6 heteroatoms. The molecule has 1 fully saturated rings. The molecule has 0 spiro atoms. The molecule has 0 aliphatic heterocycles. The number of sulfonamides is 1. The van der Waals surface area contributed by atoms with Crippen molar-refractivity contribution in [3.05, 3.63) is 29.6 Å². The highest BCUT2D eigenvalue weighted by Gasteiger charge is 2.36. The monoisotopic (exact) mass is 286 g/mol. The molecular weight excluding hydrogens is 267 g/mol. The van der Waals surface area contributed by atoms with Crippen LogP contribution in [-0.4, -0.2) is 26.3 Å². The Bertz CT molecular complexity index is 574. The van der Waals surface area contributed by atoms with Crippen molar-refractivity contribution in [2.45, 2.75) is 24.8 Å². The standard InChI is InChI=1S/C13H19FN2O2S/c1-9-5-11(9)8-16(2)19(17,18)12-3-4-13(14)10(6-12)7-15/h3-4,6,9,11H,5,7-8,15H2,1-2H3. The lowest BCUT2D eigenvalue weighted by molar-refractivity contribution is 0.444. The smallest absolute Gasteiger partial charge is 0.242 e. The van der Waals surface area contributed by atoms with Gasteiger partial charge >= 0.3 is 0 Å². The van der Waals surface area contributed by atoms with Crippen LogP contribution in [0.5, 0.6) is 0 Å². The van der Waals surface area contributed by atoms with Crippen LogP contribution in [0.2, 0.25) is 0 Å². The summed E-state index contributed by atoms with van der Waals surface area (Å²) < 4.78 is 39.4. The summed E-state index contributed by atoms with van der Waals surface area (Å²) in [7, 11) is -1.99. The van der Waals surface area contributed by atoms with Crippen LogP contribution in [0.25, 0.3) is 0 Å². The predicted octanol–water partition coefficient (Wildman–Crippen LogP) is 1.56. The molecule has 0 aromatic heterocycles. The van der Waals surface area contributed by atoms with E-state index in [1.54, 1.807) is 7.05 Å². The van der Waals surface area contributed by atoms with Gasteiger partial charge in [-0.2, -0.15) is 0 Å². The zero-order valence-electron chi connectivity index (χ0n) is 11.1. The highest BCUT2D eigenvalue weighted by Crippen LogP contribution is 2.38. The summed E-state index contributed by atoms with van der Waals surface area (Å²) in [6.45, 7) is 2.60. The van der Waals surface area contributed by atoms with Crippen molar-refractivity contribution in [2.24, 2.45) is 17.6 Å². The Balaban J connectivity index is 2.23. The molecule has 4 nitrogen and oxygen atoms in total. The normalized spacial score (nSPS) is 22.8. The van der Waals surface area contributed by atoms with Gasteiger partial charge in [0.2, 0.25) is 10.0 Å². The van der Waals surface area contributed by atoms with E-state index in [1.807, 2.05) is 0 Å². The second-order valence-electron chi connectivity index (χ2n) is 5.22. The summed E-state index contributed by atoms with van der Waals surface area (Å²) in [6.07, 6.45) is 1.07. The molecule has 0 saturated heterocycles. The molecule has 0 amide bonds. The van der Waals surface area contributed by atoms with Gasteiger partial charge < -0.3 is 5.73 Å². The molecule has 2 rings (SSSR count). The van der Waals surface area contributed by atoms with E-state index in [4.69, 9.17) is 5.73 Å². The van der Waals surface area contributed by atoms with Gasteiger partial charge in [0.1, 0.15) is 5.82 Å². The van der Waals surface area contributed by atoms with Gasteiger partial charge in [-0.25, -0.2) is 17.1 Å². The van der Waals surface area contributed by atoms with Crippen molar-refractivity contribution in [3.63, 3.8) is 0 Å². The second-order valence-corrected chi connectivity index (χ2v) is 7.26. The molecule has 106 valence electrons. The number of halogens is 1. The first kappa shape index (κ1) is 14.4. The molecule has 2 atom stereocenters. The summed E-state index contributed by atoms with van der Waals surface area (Å²) in [5.41, 5.74) is 5.62. The molecule has 1 aliphatic carbocycles. The predicted molar refractivity (Wildman–Crippen MR) is 71.4 cm³/mol. The number of nitrogens with zero attached hydrogens (tertiary/aromatic N) is 1. The van der Waals surface area contributed by atoms with E-state index in [-0.39, 0.29) is 17.0 Å². The zero-order valence-corrected chi connectivity index (χ0v) is 12.0. The van der Waals surface area contributed by atoms with Crippen LogP contribution in [0.15, 0.2) is 23.1 Å². The average Bonchev–Trinajstić information content (AvgIpc) is 3.05. The van der Waals surface area contributed by atoms with Gasteiger partial charge in [-0.05, 0) is 36.5 Å². The topological polar surface area (TPSA) is 63.4 Å². The number of rotatable bonds is 5. The lowest BCUT2D eigenvalue weighted by Crippen LogP contribution is -2.29. The summed E-state index contributed by atoms with van der Waals surface area (Å²) in [5.74, 6) is 0.555. The Morgan fingerprint density at radius 2 is 2.11 bits per heavy atom. The van der Waals surface area contributed by atoms with Crippen LogP contribution in [0.3, 0.4) is 0 Å². The molecule has 2 unspecified atom stereocenters. The summed E-state index contributed by atoms with van der Waals surface area (Å²) >= 11 is 0. The maximum Gasteiger partial charge on any atom is 0.242 e.